The SMILES string of the molecule is CCCNC(CC)c1ccc(Sc2ccccc2C)cc1. The smallest absolute Gasteiger partial charge is 0.0317 e. The van der Waals surface area contributed by atoms with Crippen molar-refractivity contribution < 1.29 is 0 Å². The number of aryl methyl sites for hydroxylation is 1. The van der Waals surface area contributed by atoms with E-state index in [0.717, 1.165) is 13.0 Å². The number of hydrogen-bond acceptors (Lipinski definition) is 2. The Morgan fingerprint density at radius 3 is 2.33 bits per heavy atom. The lowest BCUT2D eigenvalue weighted by atomic mass is 10.0. The van der Waals surface area contributed by atoms with E-state index in [1.54, 1.807) is 0 Å². The first-order valence-electron chi connectivity index (χ1n) is 7.81. The highest BCUT2D eigenvalue weighted by Crippen LogP contribution is 2.31. The highest BCUT2D eigenvalue weighted by molar-refractivity contribution is 7.99. The van der Waals surface area contributed by atoms with Crippen molar-refractivity contribution in [1.29, 1.82) is 0 Å². The van der Waals surface area contributed by atoms with Crippen molar-refractivity contribution in [2.75, 3.05) is 6.54 Å². The van der Waals surface area contributed by atoms with Crippen LogP contribution in [0.4, 0.5) is 0 Å². The van der Waals surface area contributed by atoms with Gasteiger partial charge in [0.2, 0.25) is 0 Å². The van der Waals surface area contributed by atoms with E-state index in [4.69, 9.17) is 0 Å². The molecule has 0 aliphatic heterocycles. The fourth-order valence-corrected chi connectivity index (χ4v) is 3.28. The Balaban J connectivity index is 2.06. The summed E-state index contributed by atoms with van der Waals surface area (Å²) in [4.78, 5) is 2.64. The maximum Gasteiger partial charge on any atom is 0.0317 e. The van der Waals surface area contributed by atoms with Crippen LogP contribution in [0.3, 0.4) is 0 Å². The Hall–Kier alpha value is -1.25. The van der Waals surface area contributed by atoms with Gasteiger partial charge in [0.25, 0.3) is 0 Å². The third-order valence-corrected chi connectivity index (χ3v) is 4.84. The van der Waals surface area contributed by atoms with Gasteiger partial charge in [0.05, 0.1) is 0 Å². The highest BCUT2D eigenvalue weighted by atomic mass is 32.2. The topological polar surface area (TPSA) is 12.0 Å². The molecule has 0 aromatic heterocycles. The van der Waals surface area contributed by atoms with Crippen LogP contribution >= 0.6 is 11.8 Å². The molecule has 0 aliphatic carbocycles. The van der Waals surface area contributed by atoms with Crippen molar-refractivity contribution in [3.8, 4) is 0 Å². The van der Waals surface area contributed by atoms with Crippen LogP contribution in [-0.2, 0) is 0 Å². The maximum atomic E-state index is 3.61. The van der Waals surface area contributed by atoms with Gasteiger partial charge in [0, 0.05) is 15.8 Å². The summed E-state index contributed by atoms with van der Waals surface area (Å²) in [5.74, 6) is 0. The van der Waals surface area contributed by atoms with Gasteiger partial charge in [-0.25, -0.2) is 0 Å². The second-order valence-corrected chi connectivity index (χ2v) is 6.47. The summed E-state index contributed by atoms with van der Waals surface area (Å²) >= 11 is 1.84. The average molecular weight is 299 g/mol. The minimum absolute atomic E-state index is 0.475. The molecule has 1 unspecified atom stereocenters. The highest BCUT2D eigenvalue weighted by Gasteiger charge is 2.08. The Labute approximate surface area is 133 Å². The largest absolute Gasteiger partial charge is 0.310 e. The van der Waals surface area contributed by atoms with Gasteiger partial charge in [-0.2, -0.15) is 0 Å². The lowest BCUT2D eigenvalue weighted by Crippen LogP contribution is -2.21. The lowest BCUT2D eigenvalue weighted by Gasteiger charge is -2.17. The van der Waals surface area contributed by atoms with Crippen molar-refractivity contribution in [3.05, 3.63) is 59.7 Å². The molecule has 0 saturated heterocycles. The number of nitrogens with one attached hydrogen (secondary N) is 1. The van der Waals surface area contributed by atoms with Crippen LogP contribution in [0, 0.1) is 6.92 Å². The minimum Gasteiger partial charge on any atom is -0.310 e. The molecule has 1 nitrogen and oxygen atoms in total. The molecule has 2 rings (SSSR count). The molecule has 21 heavy (non-hydrogen) atoms. The summed E-state index contributed by atoms with van der Waals surface area (Å²) in [5, 5.41) is 3.61. The van der Waals surface area contributed by atoms with E-state index in [0.29, 0.717) is 6.04 Å². The van der Waals surface area contributed by atoms with Gasteiger partial charge in [-0.15, -0.1) is 0 Å². The Morgan fingerprint density at radius 1 is 1.00 bits per heavy atom. The van der Waals surface area contributed by atoms with Gasteiger partial charge >= 0.3 is 0 Å². The fraction of sp³-hybridized carbons (Fsp3) is 0.368. The van der Waals surface area contributed by atoms with E-state index in [9.17, 15) is 0 Å². The van der Waals surface area contributed by atoms with E-state index in [1.165, 1.54) is 27.3 Å². The molecule has 2 aromatic carbocycles. The molecule has 112 valence electrons. The Morgan fingerprint density at radius 2 is 1.71 bits per heavy atom. The monoisotopic (exact) mass is 299 g/mol. The molecule has 0 radical (unpaired) electrons. The van der Waals surface area contributed by atoms with Gasteiger partial charge in [-0.05, 0) is 55.6 Å². The van der Waals surface area contributed by atoms with E-state index in [2.05, 4.69) is 74.6 Å². The molecule has 0 spiro atoms. The minimum atomic E-state index is 0.475. The van der Waals surface area contributed by atoms with Crippen molar-refractivity contribution >= 4 is 11.8 Å². The molecule has 0 aliphatic rings. The quantitative estimate of drug-likeness (QED) is 0.714. The van der Waals surface area contributed by atoms with Crippen molar-refractivity contribution in [3.63, 3.8) is 0 Å². The predicted molar refractivity (Wildman–Crippen MR) is 93.1 cm³/mol. The first kappa shape index (κ1) is 16.1. The van der Waals surface area contributed by atoms with E-state index in [-0.39, 0.29) is 0 Å². The molecule has 0 amide bonds. The van der Waals surface area contributed by atoms with Crippen LogP contribution in [0.5, 0.6) is 0 Å². The van der Waals surface area contributed by atoms with Gasteiger partial charge in [-0.3, -0.25) is 0 Å². The molecule has 0 saturated carbocycles. The van der Waals surface area contributed by atoms with Crippen LogP contribution in [0.1, 0.15) is 43.9 Å². The third kappa shape index (κ3) is 4.62. The summed E-state index contributed by atoms with van der Waals surface area (Å²) in [5.41, 5.74) is 2.72. The Bertz CT molecular complexity index is 548. The summed E-state index contributed by atoms with van der Waals surface area (Å²) in [6.45, 7) is 7.70. The molecule has 2 aromatic rings. The molecule has 1 N–H and O–H groups in total. The maximum absolute atomic E-state index is 3.61. The van der Waals surface area contributed by atoms with Gasteiger partial charge in [-0.1, -0.05) is 55.9 Å². The second kappa shape index (κ2) is 8.26. The van der Waals surface area contributed by atoms with Gasteiger partial charge in [0.15, 0.2) is 0 Å². The molecule has 2 heteroatoms. The molecule has 0 heterocycles. The van der Waals surface area contributed by atoms with Crippen molar-refractivity contribution in [2.24, 2.45) is 0 Å². The van der Waals surface area contributed by atoms with Crippen LogP contribution in [0.15, 0.2) is 58.3 Å². The summed E-state index contributed by atoms with van der Waals surface area (Å²) < 4.78 is 0. The normalized spacial score (nSPS) is 12.3. The molecule has 0 fully saturated rings. The van der Waals surface area contributed by atoms with Crippen LogP contribution in [0.2, 0.25) is 0 Å². The fourth-order valence-electron chi connectivity index (χ4n) is 2.38. The average Bonchev–Trinajstić information content (AvgIpc) is 2.52. The van der Waals surface area contributed by atoms with Crippen molar-refractivity contribution in [2.45, 2.75) is 49.4 Å². The number of rotatable bonds is 7. The summed E-state index contributed by atoms with van der Waals surface area (Å²) in [7, 11) is 0. The van der Waals surface area contributed by atoms with Crippen LogP contribution < -0.4 is 5.32 Å². The first-order valence-corrected chi connectivity index (χ1v) is 8.63. The zero-order valence-electron chi connectivity index (χ0n) is 13.2. The van der Waals surface area contributed by atoms with E-state index in [1.807, 2.05) is 11.8 Å². The van der Waals surface area contributed by atoms with Crippen molar-refractivity contribution in [1.82, 2.24) is 5.32 Å². The first-order chi connectivity index (χ1) is 10.2. The zero-order valence-corrected chi connectivity index (χ0v) is 14.0. The van der Waals surface area contributed by atoms with Crippen LogP contribution in [0.25, 0.3) is 0 Å². The van der Waals surface area contributed by atoms with Crippen LogP contribution in [-0.4, -0.2) is 6.54 Å². The number of benzene rings is 2. The summed E-state index contributed by atoms with van der Waals surface area (Å²) in [6.07, 6.45) is 2.31. The lowest BCUT2D eigenvalue weighted by molar-refractivity contribution is 0.518. The second-order valence-electron chi connectivity index (χ2n) is 5.35. The third-order valence-electron chi connectivity index (χ3n) is 3.65. The van der Waals surface area contributed by atoms with Gasteiger partial charge in [0.1, 0.15) is 0 Å². The molecular formula is C19H25NS. The zero-order chi connectivity index (χ0) is 15.1. The summed E-state index contributed by atoms with van der Waals surface area (Å²) in [6, 6.07) is 18.0. The predicted octanol–water partition coefficient (Wildman–Crippen LogP) is 5.60. The van der Waals surface area contributed by atoms with Gasteiger partial charge < -0.3 is 5.32 Å². The van der Waals surface area contributed by atoms with E-state index >= 15 is 0 Å². The standard InChI is InChI=1S/C19H25NS/c1-4-14-20-18(5-2)16-10-12-17(13-11-16)21-19-9-7-6-8-15(19)3/h6-13,18,20H,4-5,14H2,1-3H3. The Kier molecular flexibility index (Phi) is 6.34. The molecule has 0 bridgehead atoms. The number of hydrogen-bond donors (Lipinski definition) is 1. The molecule has 1 atom stereocenters. The molecular weight excluding hydrogens is 274 g/mol. The van der Waals surface area contributed by atoms with E-state index < -0.39 is 0 Å².